The van der Waals surface area contributed by atoms with Gasteiger partial charge < -0.3 is 14.8 Å². The summed E-state index contributed by atoms with van der Waals surface area (Å²) in [7, 11) is 3.22. The van der Waals surface area contributed by atoms with Gasteiger partial charge >= 0.3 is 0 Å². The molecule has 1 aliphatic carbocycles. The Morgan fingerprint density at radius 3 is 2.65 bits per heavy atom. The highest BCUT2D eigenvalue weighted by Crippen LogP contribution is 2.46. The normalized spacial score (nSPS) is 20.0. The summed E-state index contributed by atoms with van der Waals surface area (Å²) in [5.41, 5.74) is 3.50. The van der Waals surface area contributed by atoms with E-state index in [1.54, 1.807) is 18.9 Å². The highest BCUT2D eigenvalue weighted by molar-refractivity contribution is 6.30. The van der Waals surface area contributed by atoms with Crippen molar-refractivity contribution in [3.63, 3.8) is 0 Å². The van der Waals surface area contributed by atoms with Crippen LogP contribution in [0.2, 0.25) is 5.02 Å². The van der Waals surface area contributed by atoms with Crippen LogP contribution in [0, 0.1) is 0 Å². The quantitative estimate of drug-likeness (QED) is 0.654. The summed E-state index contributed by atoms with van der Waals surface area (Å²) in [4.78, 5) is 17.8. The number of carbonyl (C=O) groups excluding carboxylic acids is 1. The van der Waals surface area contributed by atoms with E-state index >= 15 is 0 Å². The number of aromatic nitrogens is 3. The van der Waals surface area contributed by atoms with Crippen molar-refractivity contribution in [2.45, 2.75) is 24.8 Å². The fourth-order valence-electron chi connectivity index (χ4n) is 4.45. The summed E-state index contributed by atoms with van der Waals surface area (Å²) in [6.45, 7) is 0. The highest BCUT2D eigenvalue weighted by Gasteiger charge is 2.40. The van der Waals surface area contributed by atoms with Crippen LogP contribution in [0.25, 0.3) is 0 Å². The summed E-state index contributed by atoms with van der Waals surface area (Å²) in [5, 5.41) is 8.42. The third-order valence-electron chi connectivity index (χ3n) is 5.94. The van der Waals surface area contributed by atoms with E-state index in [0.29, 0.717) is 40.9 Å². The van der Waals surface area contributed by atoms with Gasteiger partial charge in [0.1, 0.15) is 23.9 Å². The molecule has 1 aromatic heterocycles. The number of ether oxygens (including phenoxy) is 2. The molecule has 8 heteroatoms. The second kappa shape index (κ2) is 7.74. The van der Waals surface area contributed by atoms with Crippen molar-refractivity contribution in [3.8, 4) is 11.5 Å². The number of nitrogens with zero attached hydrogens (tertiary/aromatic N) is 3. The van der Waals surface area contributed by atoms with Crippen LogP contribution in [0.5, 0.6) is 11.5 Å². The fourth-order valence-corrected chi connectivity index (χ4v) is 4.58. The molecule has 0 unspecified atom stereocenters. The first kappa shape index (κ1) is 19.6. The van der Waals surface area contributed by atoms with Crippen molar-refractivity contribution in [1.82, 2.24) is 14.8 Å². The first-order valence-corrected chi connectivity index (χ1v) is 10.4. The third-order valence-corrected chi connectivity index (χ3v) is 6.19. The van der Waals surface area contributed by atoms with E-state index in [1.807, 2.05) is 42.5 Å². The standard InChI is InChI=1S/C23H21ClN4O3/c1-30-16-7-8-17(20(11-16)31-2)22-21-18(27-23-25-12-26-28(22)23)9-14(10-19(21)29)13-3-5-15(24)6-4-13/h3-8,11-12,14,22H,9-10H2,1-2H3,(H,25,26,27)/t14-,22+/m0/s1. The number of fused-ring (bicyclic) bond motifs is 1. The van der Waals surface area contributed by atoms with Gasteiger partial charge in [0.05, 0.1) is 14.2 Å². The molecule has 0 radical (unpaired) electrons. The fraction of sp³-hybridized carbons (Fsp3) is 0.261. The second-order valence-corrected chi connectivity index (χ2v) is 8.07. The first-order chi connectivity index (χ1) is 15.1. The lowest BCUT2D eigenvalue weighted by atomic mass is 9.78. The molecule has 0 fully saturated rings. The smallest absolute Gasteiger partial charge is 0.226 e. The minimum absolute atomic E-state index is 0.0731. The van der Waals surface area contributed by atoms with Crippen LogP contribution < -0.4 is 14.8 Å². The summed E-state index contributed by atoms with van der Waals surface area (Å²) in [6.07, 6.45) is 2.61. The lowest BCUT2D eigenvalue weighted by Gasteiger charge is -2.35. The van der Waals surface area contributed by atoms with Crippen LogP contribution in [0.4, 0.5) is 5.95 Å². The van der Waals surface area contributed by atoms with Gasteiger partial charge in [-0.05, 0) is 42.2 Å². The number of ketones is 1. The maximum atomic E-state index is 13.5. The van der Waals surface area contributed by atoms with Crippen LogP contribution in [-0.2, 0) is 4.79 Å². The van der Waals surface area contributed by atoms with Gasteiger partial charge in [-0.3, -0.25) is 4.79 Å². The summed E-state index contributed by atoms with van der Waals surface area (Å²) in [5.74, 6) is 2.07. The molecular weight excluding hydrogens is 416 g/mol. The zero-order valence-electron chi connectivity index (χ0n) is 17.1. The molecule has 0 spiro atoms. The summed E-state index contributed by atoms with van der Waals surface area (Å²) < 4.78 is 12.7. The van der Waals surface area contributed by atoms with Crippen molar-refractivity contribution in [2.75, 3.05) is 19.5 Å². The predicted molar refractivity (Wildman–Crippen MR) is 117 cm³/mol. The molecule has 0 saturated carbocycles. The molecule has 31 heavy (non-hydrogen) atoms. The van der Waals surface area contributed by atoms with E-state index in [1.165, 1.54) is 6.33 Å². The van der Waals surface area contributed by atoms with Crippen molar-refractivity contribution >= 4 is 23.3 Å². The largest absolute Gasteiger partial charge is 0.497 e. The Kier molecular flexibility index (Phi) is 4.90. The van der Waals surface area contributed by atoms with Crippen LogP contribution in [0.15, 0.2) is 60.1 Å². The Labute approximate surface area is 184 Å². The van der Waals surface area contributed by atoms with Crippen molar-refractivity contribution < 1.29 is 14.3 Å². The van der Waals surface area contributed by atoms with Gasteiger partial charge in [0.2, 0.25) is 5.95 Å². The molecule has 3 aromatic rings. The molecule has 5 rings (SSSR count). The topological polar surface area (TPSA) is 78.3 Å². The van der Waals surface area contributed by atoms with E-state index in [4.69, 9.17) is 21.1 Å². The van der Waals surface area contributed by atoms with Crippen LogP contribution in [-0.4, -0.2) is 34.8 Å². The van der Waals surface area contributed by atoms with Gasteiger partial charge in [0.25, 0.3) is 0 Å². The van der Waals surface area contributed by atoms with E-state index in [-0.39, 0.29) is 11.7 Å². The number of allylic oxidation sites excluding steroid dienone is 2. The first-order valence-electron chi connectivity index (χ1n) is 9.99. The second-order valence-electron chi connectivity index (χ2n) is 7.64. The maximum absolute atomic E-state index is 13.5. The molecule has 7 nitrogen and oxygen atoms in total. The highest BCUT2D eigenvalue weighted by atomic mass is 35.5. The van der Waals surface area contributed by atoms with Gasteiger partial charge in [0, 0.05) is 34.3 Å². The Bertz CT molecular complexity index is 1190. The van der Waals surface area contributed by atoms with E-state index < -0.39 is 6.04 Å². The van der Waals surface area contributed by atoms with Crippen molar-refractivity contribution in [3.05, 3.63) is 76.2 Å². The average molecular weight is 437 g/mol. The number of hydrogen-bond acceptors (Lipinski definition) is 6. The molecule has 0 amide bonds. The lowest BCUT2D eigenvalue weighted by Crippen LogP contribution is -2.33. The molecule has 2 aromatic carbocycles. The monoisotopic (exact) mass is 436 g/mol. The minimum atomic E-state index is -0.423. The number of methoxy groups -OCH3 is 2. The third kappa shape index (κ3) is 3.35. The Balaban J connectivity index is 1.61. The number of benzene rings is 2. The summed E-state index contributed by atoms with van der Waals surface area (Å²) in [6, 6.07) is 12.9. The Morgan fingerprint density at radius 2 is 1.90 bits per heavy atom. The molecule has 1 aliphatic heterocycles. The number of nitrogens with one attached hydrogen (secondary N) is 1. The van der Waals surface area contributed by atoms with Gasteiger partial charge in [-0.25, -0.2) is 4.68 Å². The van der Waals surface area contributed by atoms with Gasteiger partial charge in [-0.2, -0.15) is 10.1 Å². The number of hydrogen-bond donors (Lipinski definition) is 1. The van der Waals surface area contributed by atoms with E-state index in [9.17, 15) is 4.79 Å². The van der Waals surface area contributed by atoms with Crippen molar-refractivity contribution in [2.24, 2.45) is 0 Å². The predicted octanol–water partition coefficient (Wildman–Crippen LogP) is 4.36. The number of anilines is 1. The molecule has 0 saturated heterocycles. The SMILES string of the molecule is COc1ccc([C@@H]2C3=C(C[C@H](c4ccc(Cl)cc4)CC3=O)Nc3ncnn32)c(OC)c1. The summed E-state index contributed by atoms with van der Waals surface area (Å²) >= 11 is 6.04. The zero-order chi connectivity index (χ0) is 21.5. The van der Waals surface area contributed by atoms with Gasteiger partial charge in [0.15, 0.2) is 5.78 Å². The number of halogens is 1. The van der Waals surface area contributed by atoms with Gasteiger partial charge in [-0.1, -0.05) is 23.7 Å². The van der Waals surface area contributed by atoms with Gasteiger partial charge in [-0.15, -0.1) is 0 Å². The van der Waals surface area contributed by atoms with Crippen LogP contribution >= 0.6 is 11.6 Å². The zero-order valence-corrected chi connectivity index (χ0v) is 17.9. The number of rotatable bonds is 4. The van der Waals surface area contributed by atoms with E-state index in [0.717, 1.165) is 16.8 Å². The molecule has 158 valence electrons. The molecule has 2 aliphatic rings. The number of Topliss-reactive ketones (excluding diaryl/α,β-unsaturated/α-hetero) is 1. The molecule has 2 atom stereocenters. The van der Waals surface area contributed by atoms with Crippen LogP contribution in [0.1, 0.15) is 35.9 Å². The molecular formula is C23H21ClN4O3. The van der Waals surface area contributed by atoms with Crippen LogP contribution in [0.3, 0.4) is 0 Å². The van der Waals surface area contributed by atoms with Crippen molar-refractivity contribution in [1.29, 1.82) is 0 Å². The Morgan fingerprint density at radius 1 is 1.10 bits per heavy atom. The van der Waals surface area contributed by atoms with E-state index in [2.05, 4.69) is 15.4 Å². The molecule has 0 bridgehead atoms. The average Bonchev–Trinajstić information content (AvgIpc) is 3.26. The number of carbonyl (C=O) groups is 1. The maximum Gasteiger partial charge on any atom is 0.226 e. The Hall–Kier alpha value is -3.32. The minimum Gasteiger partial charge on any atom is -0.497 e. The molecule has 2 heterocycles. The molecule has 1 N–H and O–H groups in total. The lowest BCUT2D eigenvalue weighted by molar-refractivity contribution is -0.116.